The zero-order valence-corrected chi connectivity index (χ0v) is 21.7. The highest BCUT2D eigenvalue weighted by molar-refractivity contribution is 6.34. The first-order valence-electron chi connectivity index (χ1n) is 12.5. The van der Waals surface area contributed by atoms with Gasteiger partial charge in [-0.1, -0.05) is 30.3 Å². The molecular weight excluding hydrogens is 534 g/mol. The summed E-state index contributed by atoms with van der Waals surface area (Å²) in [6.07, 6.45) is -0.774. The first-order valence-corrected chi connectivity index (χ1v) is 12.5. The molecule has 208 valence electrons. The maximum Gasteiger partial charge on any atom is 0.329 e. The molecule has 0 fully saturated rings. The van der Waals surface area contributed by atoms with Gasteiger partial charge in [0.05, 0.1) is 7.11 Å². The van der Waals surface area contributed by atoms with Crippen molar-refractivity contribution >= 4 is 52.2 Å². The smallest absolute Gasteiger partial charge is 0.329 e. The summed E-state index contributed by atoms with van der Waals surface area (Å²) in [6.45, 7) is 0. The van der Waals surface area contributed by atoms with Crippen LogP contribution in [0.4, 0.5) is 0 Å². The van der Waals surface area contributed by atoms with Crippen molar-refractivity contribution in [2.24, 2.45) is 5.73 Å². The lowest BCUT2D eigenvalue weighted by Gasteiger charge is -2.35. The first kappa shape index (κ1) is 27.2. The predicted octanol–water partition coefficient (Wildman–Crippen LogP) is 1.53. The van der Waals surface area contributed by atoms with Gasteiger partial charge in [-0.25, -0.2) is 9.59 Å². The molecule has 3 N–H and O–H groups in total. The van der Waals surface area contributed by atoms with E-state index in [4.69, 9.17) is 10.5 Å². The summed E-state index contributed by atoms with van der Waals surface area (Å²) in [4.78, 5) is 92.0. The summed E-state index contributed by atoms with van der Waals surface area (Å²) in [5.74, 6) is -6.65. The number of rotatable bonds is 9. The van der Waals surface area contributed by atoms with Crippen molar-refractivity contribution in [3.63, 3.8) is 0 Å². The van der Waals surface area contributed by atoms with E-state index in [1.807, 2.05) is 0 Å². The fraction of sp³-hybridized carbons (Fsp3) is 0.207. The van der Waals surface area contributed by atoms with Crippen molar-refractivity contribution in [3.05, 3.63) is 82.4 Å². The lowest BCUT2D eigenvalue weighted by Crippen LogP contribution is -2.53. The molecule has 0 radical (unpaired) electrons. The molecule has 0 spiro atoms. The van der Waals surface area contributed by atoms with E-state index in [1.54, 1.807) is 30.3 Å². The van der Waals surface area contributed by atoms with E-state index >= 15 is 0 Å². The van der Waals surface area contributed by atoms with Crippen LogP contribution in [0.3, 0.4) is 0 Å². The van der Waals surface area contributed by atoms with E-state index in [9.17, 15) is 38.7 Å². The van der Waals surface area contributed by atoms with Gasteiger partial charge in [-0.3, -0.25) is 33.8 Å². The number of carboxylic acid groups (broad SMARTS) is 1. The number of imide groups is 2. The number of carboxylic acids is 1. The minimum atomic E-state index is -1.67. The molecule has 0 unspecified atom stereocenters. The fourth-order valence-corrected chi connectivity index (χ4v) is 5.37. The van der Waals surface area contributed by atoms with Gasteiger partial charge in [0.2, 0.25) is 5.91 Å². The van der Waals surface area contributed by atoms with Gasteiger partial charge in [0.15, 0.2) is 0 Å². The molecule has 3 aromatic carbocycles. The number of aliphatic carboxylic acids is 1. The minimum Gasteiger partial charge on any atom is -0.480 e. The number of nitrogens with two attached hydrogens (primary N) is 1. The Hall–Kier alpha value is -5.39. The van der Waals surface area contributed by atoms with Crippen LogP contribution >= 0.6 is 0 Å². The Kier molecular flexibility index (Phi) is 6.83. The second-order valence-electron chi connectivity index (χ2n) is 9.62. The molecule has 0 aromatic heterocycles. The summed E-state index contributed by atoms with van der Waals surface area (Å²) in [5.41, 5.74) is 5.62. The molecule has 0 saturated carbocycles. The Balaban J connectivity index is 1.61. The number of primary amides is 1. The largest absolute Gasteiger partial charge is 0.480 e. The van der Waals surface area contributed by atoms with Crippen LogP contribution in [0.5, 0.6) is 0 Å². The van der Waals surface area contributed by atoms with Crippen molar-refractivity contribution in [1.29, 1.82) is 0 Å². The van der Waals surface area contributed by atoms with Gasteiger partial charge >= 0.3 is 11.9 Å². The zero-order chi connectivity index (χ0) is 29.6. The number of ether oxygens (including phenoxy) is 1. The molecule has 2 heterocycles. The van der Waals surface area contributed by atoms with E-state index < -0.39 is 53.6 Å². The predicted molar refractivity (Wildman–Crippen MR) is 141 cm³/mol. The molecule has 0 saturated heterocycles. The summed E-state index contributed by atoms with van der Waals surface area (Å²) in [6, 6.07) is 10.9. The first-order chi connectivity index (χ1) is 19.6. The van der Waals surface area contributed by atoms with Gasteiger partial charge < -0.3 is 15.6 Å². The van der Waals surface area contributed by atoms with Crippen LogP contribution < -0.4 is 5.73 Å². The second-order valence-corrected chi connectivity index (χ2v) is 9.62. The second kappa shape index (κ2) is 10.3. The fourth-order valence-electron chi connectivity index (χ4n) is 5.37. The number of carbonyl (C=O) groups is 7. The molecule has 3 aromatic rings. The van der Waals surface area contributed by atoms with E-state index in [0.717, 1.165) is 12.0 Å². The minimum absolute atomic E-state index is 0.00650. The monoisotopic (exact) mass is 557 g/mol. The highest BCUT2D eigenvalue weighted by Crippen LogP contribution is 2.39. The summed E-state index contributed by atoms with van der Waals surface area (Å²) < 4.78 is 4.92. The maximum absolute atomic E-state index is 13.8. The Bertz CT molecular complexity index is 1610. The van der Waals surface area contributed by atoms with Gasteiger partial charge in [0.25, 0.3) is 23.6 Å². The number of carbonyl (C=O) groups excluding carboxylic acids is 6. The number of nitrogens with zero attached hydrogens (tertiary/aromatic N) is 2. The average Bonchev–Trinajstić information content (AvgIpc) is 2.95. The van der Waals surface area contributed by atoms with Gasteiger partial charge in [0, 0.05) is 45.9 Å². The number of hydrogen-bond donors (Lipinski definition) is 2. The molecule has 2 aliphatic rings. The lowest BCUT2D eigenvalue weighted by atomic mass is 9.84. The quantitative estimate of drug-likeness (QED) is 0.291. The van der Waals surface area contributed by atoms with E-state index in [0.29, 0.717) is 10.5 Å². The molecule has 2 aliphatic heterocycles. The third-order valence-corrected chi connectivity index (χ3v) is 7.28. The van der Waals surface area contributed by atoms with Crippen molar-refractivity contribution in [2.45, 2.75) is 31.3 Å². The molecule has 2 atom stereocenters. The van der Waals surface area contributed by atoms with Gasteiger partial charge in [0.1, 0.15) is 12.1 Å². The molecule has 5 rings (SSSR count). The van der Waals surface area contributed by atoms with Crippen molar-refractivity contribution < 1.29 is 43.4 Å². The lowest BCUT2D eigenvalue weighted by molar-refractivity contribution is -0.145. The van der Waals surface area contributed by atoms with Crippen LogP contribution in [0, 0.1) is 0 Å². The van der Waals surface area contributed by atoms with Crippen LogP contribution in [0.25, 0.3) is 10.8 Å². The standard InChI is InChI=1S/C29H23N3O9/c1-41-29(40)20(13-14-5-3-2-4-6-14)32-26(36)17-9-7-15-22-16(8-10-18(23(17)22)27(32)37)25(35)31(24(15)34)19(28(38)39)11-12-21(30)33/h2-10,19-20H,11-13H2,1H3,(H2,30,33)(H,38,39)/t19-,20-/m0/s1. The average molecular weight is 558 g/mol. The molecule has 12 nitrogen and oxygen atoms in total. The summed E-state index contributed by atoms with van der Waals surface area (Å²) in [5, 5.41) is 9.83. The van der Waals surface area contributed by atoms with Crippen molar-refractivity contribution in [1.82, 2.24) is 9.80 Å². The van der Waals surface area contributed by atoms with Gasteiger partial charge in [-0.05, 0) is 36.2 Å². The number of benzene rings is 3. The molecule has 5 amide bonds. The van der Waals surface area contributed by atoms with Gasteiger partial charge in [-0.2, -0.15) is 0 Å². The van der Waals surface area contributed by atoms with E-state index in [-0.39, 0.29) is 52.3 Å². The van der Waals surface area contributed by atoms with Crippen LogP contribution in [-0.2, 0) is 25.5 Å². The summed E-state index contributed by atoms with van der Waals surface area (Å²) >= 11 is 0. The van der Waals surface area contributed by atoms with Gasteiger partial charge in [-0.15, -0.1) is 0 Å². The Morgan fingerprint density at radius 3 is 1.59 bits per heavy atom. The molecule has 0 aliphatic carbocycles. The van der Waals surface area contributed by atoms with Crippen molar-refractivity contribution in [3.8, 4) is 0 Å². The van der Waals surface area contributed by atoms with Crippen LogP contribution in [0.2, 0.25) is 0 Å². The SMILES string of the molecule is COC(=O)[C@H](Cc1ccccc1)N1C(=O)c2ccc3c4c(ccc(c24)C1=O)C(=O)N([C@@H](CCC(N)=O)C(=O)O)C3=O. The number of hydrogen-bond acceptors (Lipinski definition) is 8. The topological polar surface area (TPSA) is 181 Å². The highest BCUT2D eigenvalue weighted by atomic mass is 16.5. The summed E-state index contributed by atoms with van der Waals surface area (Å²) in [7, 11) is 1.15. The van der Waals surface area contributed by atoms with Crippen LogP contribution in [0.1, 0.15) is 59.8 Å². The number of methoxy groups -OCH3 is 1. The van der Waals surface area contributed by atoms with Crippen LogP contribution in [0.15, 0.2) is 54.6 Å². The Morgan fingerprint density at radius 2 is 1.20 bits per heavy atom. The third kappa shape index (κ3) is 4.39. The van der Waals surface area contributed by atoms with Crippen molar-refractivity contribution in [2.75, 3.05) is 7.11 Å². The van der Waals surface area contributed by atoms with E-state index in [1.165, 1.54) is 24.3 Å². The Labute approximate surface area is 232 Å². The molecule has 0 bridgehead atoms. The highest BCUT2D eigenvalue weighted by Gasteiger charge is 2.46. The zero-order valence-electron chi connectivity index (χ0n) is 21.7. The Morgan fingerprint density at radius 1 is 0.756 bits per heavy atom. The maximum atomic E-state index is 13.8. The number of esters is 1. The van der Waals surface area contributed by atoms with E-state index in [2.05, 4.69) is 0 Å². The molecule has 12 heteroatoms. The third-order valence-electron chi connectivity index (χ3n) is 7.28. The molecule has 41 heavy (non-hydrogen) atoms. The van der Waals surface area contributed by atoms with Crippen LogP contribution in [-0.4, -0.2) is 75.6 Å². The normalized spacial score (nSPS) is 15.6. The molecular formula is C29H23N3O9. The number of amides is 5.